The van der Waals surface area contributed by atoms with Crippen molar-refractivity contribution in [3.05, 3.63) is 46.3 Å². The molecule has 0 saturated carbocycles. The minimum absolute atomic E-state index is 0.0744. The Morgan fingerprint density at radius 1 is 1.39 bits per heavy atom. The van der Waals surface area contributed by atoms with Crippen LogP contribution in [0.2, 0.25) is 5.15 Å². The SMILES string of the molecule is CCc1[nH]c(C(C)=O)nc1Cl.CO[C@H]1CN(c2ccc(F)c(C(=O)OF)c2)CC[C@H]1C. The van der Waals surface area contributed by atoms with Crippen LogP contribution in [0.1, 0.15) is 53.9 Å². The number of halogens is 3. The van der Waals surface area contributed by atoms with E-state index in [0.717, 1.165) is 31.1 Å². The van der Waals surface area contributed by atoms with Gasteiger partial charge in [-0.15, -0.1) is 0 Å². The van der Waals surface area contributed by atoms with Crippen LogP contribution in [0, 0.1) is 11.7 Å². The van der Waals surface area contributed by atoms with Crippen molar-refractivity contribution < 1.29 is 28.2 Å². The van der Waals surface area contributed by atoms with Gasteiger partial charge in [-0.25, -0.2) is 19.1 Å². The summed E-state index contributed by atoms with van der Waals surface area (Å²) in [4.78, 5) is 33.7. The maximum Gasteiger partial charge on any atom is 0.382 e. The summed E-state index contributed by atoms with van der Waals surface area (Å²) in [5.41, 5.74) is 1.07. The number of hydrogen-bond donors (Lipinski definition) is 1. The van der Waals surface area contributed by atoms with Crippen molar-refractivity contribution in [2.75, 3.05) is 25.1 Å². The fourth-order valence-corrected chi connectivity index (χ4v) is 3.54. The number of methoxy groups -OCH3 is 1. The van der Waals surface area contributed by atoms with E-state index in [4.69, 9.17) is 16.3 Å². The van der Waals surface area contributed by atoms with Crippen LogP contribution < -0.4 is 4.90 Å². The number of benzene rings is 1. The van der Waals surface area contributed by atoms with E-state index in [0.29, 0.717) is 29.1 Å². The van der Waals surface area contributed by atoms with Gasteiger partial charge in [0.25, 0.3) is 0 Å². The van der Waals surface area contributed by atoms with Gasteiger partial charge in [-0.2, -0.15) is 0 Å². The largest absolute Gasteiger partial charge is 0.382 e. The van der Waals surface area contributed by atoms with Crippen molar-refractivity contribution in [1.29, 1.82) is 0 Å². The van der Waals surface area contributed by atoms with Crippen LogP contribution in [0.5, 0.6) is 0 Å². The number of carbonyl (C=O) groups is 2. The third-order valence-corrected chi connectivity index (χ3v) is 5.53. The summed E-state index contributed by atoms with van der Waals surface area (Å²) < 4.78 is 30.8. The lowest BCUT2D eigenvalue weighted by molar-refractivity contribution is -0.0791. The number of ketones is 1. The van der Waals surface area contributed by atoms with Gasteiger partial charge in [0.2, 0.25) is 0 Å². The number of ether oxygens (including phenoxy) is 1. The van der Waals surface area contributed by atoms with E-state index < -0.39 is 17.3 Å². The van der Waals surface area contributed by atoms with Crippen molar-refractivity contribution in [3.63, 3.8) is 0 Å². The molecule has 7 nitrogen and oxygen atoms in total. The Morgan fingerprint density at radius 2 is 2.10 bits per heavy atom. The molecular formula is C21H26ClF2N3O4. The van der Waals surface area contributed by atoms with Crippen LogP contribution in [0.3, 0.4) is 0 Å². The number of nitrogens with one attached hydrogen (secondary N) is 1. The number of carbonyl (C=O) groups excluding carboxylic acids is 2. The number of aromatic nitrogens is 2. The highest BCUT2D eigenvalue weighted by atomic mass is 35.5. The normalized spacial score (nSPS) is 18.2. The zero-order valence-corrected chi connectivity index (χ0v) is 18.6. The summed E-state index contributed by atoms with van der Waals surface area (Å²) in [5, 5.41) is 0.401. The first-order valence-electron chi connectivity index (χ1n) is 9.87. The fraction of sp³-hybridized carbons (Fsp3) is 0.476. The summed E-state index contributed by atoms with van der Waals surface area (Å²) in [5.74, 6) is -1.44. The van der Waals surface area contributed by atoms with E-state index in [1.807, 2.05) is 11.8 Å². The van der Waals surface area contributed by atoms with Crippen LogP contribution in [0.15, 0.2) is 18.2 Å². The number of H-pyrrole nitrogens is 1. The minimum atomic E-state index is -1.32. The van der Waals surface area contributed by atoms with Gasteiger partial charge in [0.15, 0.2) is 16.8 Å². The number of anilines is 1. The van der Waals surface area contributed by atoms with Gasteiger partial charge < -0.3 is 14.6 Å². The second-order valence-corrected chi connectivity index (χ2v) is 7.64. The summed E-state index contributed by atoms with van der Waals surface area (Å²) >= 11 is 5.69. The average Bonchev–Trinajstić information content (AvgIpc) is 3.15. The molecule has 0 unspecified atom stereocenters. The summed E-state index contributed by atoms with van der Waals surface area (Å²) in [6, 6.07) is 4.01. The Bertz CT molecular complexity index is 922. The lowest BCUT2D eigenvalue weighted by atomic mass is 9.95. The molecule has 3 rings (SSSR count). The average molecular weight is 458 g/mol. The predicted octanol–water partition coefficient (Wildman–Crippen LogP) is 4.56. The number of aryl methyl sites for hydroxylation is 1. The number of nitrogens with zero attached hydrogens (tertiary/aromatic N) is 2. The van der Waals surface area contributed by atoms with E-state index >= 15 is 0 Å². The van der Waals surface area contributed by atoms with Crippen LogP contribution >= 0.6 is 11.6 Å². The molecule has 0 amide bonds. The lowest BCUT2D eigenvalue weighted by Gasteiger charge is -2.37. The Morgan fingerprint density at radius 3 is 2.61 bits per heavy atom. The van der Waals surface area contributed by atoms with Gasteiger partial charge in [0, 0.05) is 37.3 Å². The van der Waals surface area contributed by atoms with Crippen LogP contribution in [-0.4, -0.2) is 48.0 Å². The third kappa shape index (κ3) is 6.24. The molecular weight excluding hydrogens is 432 g/mol. The van der Waals surface area contributed by atoms with Crippen LogP contribution in [-0.2, 0) is 16.1 Å². The van der Waals surface area contributed by atoms with Gasteiger partial charge in [0.1, 0.15) is 11.4 Å². The van der Waals surface area contributed by atoms with Crippen molar-refractivity contribution in [2.24, 2.45) is 5.92 Å². The Kier molecular flexibility index (Phi) is 8.94. The van der Waals surface area contributed by atoms with Crippen molar-refractivity contribution >= 4 is 29.0 Å². The standard InChI is InChI=1S/C14H17F2NO3.C7H9ClN2O/c1-9-5-6-17(8-13(9)19-2)10-3-4-12(15)11(7-10)14(18)20-16;1-3-5-6(8)10-7(9-5)4(2)11/h3-4,7,9,13H,5-6,8H2,1-2H3;3H2,1-2H3,(H,9,10)/t9-,13+;/m1./s1. The van der Waals surface area contributed by atoms with Gasteiger partial charge in [0.05, 0.1) is 11.8 Å². The maximum absolute atomic E-state index is 13.5. The van der Waals surface area contributed by atoms with E-state index in [1.165, 1.54) is 13.0 Å². The zero-order chi connectivity index (χ0) is 23.1. The predicted molar refractivity (Wildman–Crippen MR) is 113 cm³/mol. The molecule has 31 heavy (non-hydrogen) atoms. The first-order valence-corrected chi connectivity index (χ1v) is 10.2. The Labute approximate surface area is 184 Å². The molecule has 1 aliphatic heterocycles. The molecule has 10 heteroatoms. The van der Waals surface area contributed by atoms with Gasteiger partial charge in [-0.1, -0.05) is 25.4 Å². The van der Waals surface area contributed by atoms with Crippen LogP contribution in [0.25, 0.3) is 0 Å². The molecule has 1 aromatic carbocycles. The Balaban J connectivity index is 0.000000262. The lowest BCUT2D eigenvalue weighted by Crippen LogP contribution is -2.44. The molecule has 1 fully saturated rings. The maximum atomic E-state index is 13.5. The molecule has 2 heterocycles. The number of hydrogen-bond acceptors (Lipinski definition) is 6. The zero-order valence-electron chi connectivity index (χ0n) is 17.9. The monoisotopic (exact) mass is 457 g/mol. The molecule has 1 aromatic heterocycles. The molecule has 0 aliphatic carbocycles. The molecule has 0 bridgehead atoms. The van der Waals surface area contributed by atoms with E-state index in [-0.39, 0.29) is 11.9 Å². The smallest absolute Gasteiger partial charge is 0.379 e. The second kappa shape index (κ2) is 11.2. The molecule has 1 saturated heterocycles. The number of aromatic amines is 1. The first-order chi connectivity index (χ1) is 14.7. The van der Waals surface area contributed by atoms with Gasteiger partial charge in [-0.05, 0) is 37.0 Å². The number of rotatable bonds is 5. The van der Waals surface area contributed by atoms with Crippen LogP contribution in [0.4, 0.5) is 14.6 Å². The Hall–Kier alpha value is -2.52. The van der Waals surface area contributed by atoms with E-state index in [1.54, 1.807) is 13.2 Å². The van der Waals surface area contributed by atoms with Crippen molar-refractivity contribution in [3.8, 4) is 0 Å². The molecule has 2 aromatic rings. The molecule has 2 atom stereocenters. The molecule has 1 aliphatic rings. The highest BCUT2D eigenvalue weighted by Crippen LogP contribution is 2.26. The molecule has 1 N–H and O–H groups in total. The quantitative estimate of drug-likeness (QED) is 0.663. The van der Waals surface area contributed by atoms with E-state index in [9.17, 15) is 18.5 Å². The second-order valence-electron chi connectivity index (χ2n) is 7.28. The fourth-order valence-electron chi connectivity index (χ4n) is 3.27. The first kappa shape index (κ1) is 24.7. The summed E-state index contributed by atoms with van der Waals surface area (Å²) in [6.07, 6.45) is 1.77. The highest BCUT2D eigenvalue weighted by Gasteiger charge is 2.27. The molecule has 0 spiro atoms. The van der Waals surface area contributed by atoms with Gasteiger partial charge in [-0.3, -0.25) is 4.79 Å². The third-order valence-electron chi connectivity index (χ3n) is 5.21. The summed E-state index contributed by atoms with van der Waals surface area (Å²) in [7, 11) is 1.65. The summed E-state index contributed by atoms with van der Waals surface area (Å²) in [6.45, 7) is 6.93. The van der Waals surface area contributed by atoms with Gasteiger partial charge >= 0.3 is 5.97 Å². The molecule has 0 radical (unpaired) electrons. The number of piperidine rings is 1. The number of Topliss-reactive ketones (excluding diaryl/α,β-unsaturated/α-hetero) is 1. The van der Waals surface area contributed by atoms with Crippen molar-refractivity contribution in [2.45, 2.75) is 39.7 Å². The topological polar surface area (TPSA) is 84.5 Å². The molecule has 170 valence electrons. The highest BCUT2D eigenvalue weighted by molar-refractivity contribution is 6.30. The number of imidazole rings is 1. The van der Waals surface area contributed by atoms with E-state index in [2.05, 4.69) is 21.8 Å². The minimum Gasteiger partial charge on any atom is -0.379 e. The van der Waals surface area contributed by atoms with Crippen molar-refractivity contribution in [1.82, 2.24) is 9.97 Å².